The molecule has 0 radical (unpaired) electrons. The molecular weight excluding hydrogens is 410 g/mol. The molecule has 0 fully saturated rings. The summed E-state index contributed by atoms with van der Waals surface area (Å²) < 4.78 is 13.7. The molecule has 0 bridgehead atoms. The lowest BCUT2D eigenvalue weighted by atomic mass is 9.99. The molecule has 0 spiro atoms. The summed E-state index contributed by atoms with van der Waals surface area (Å²) in [6.07, 6.45) is 5.00. The number of aromatic nitrogens is 1. The largest absolute Gasteiger partial charge is 0.508 e. The molecule has 3 unspecified atom stereocenters. The monoisotopic (exact) mass is 451 g/mol. The summed E-state index contributed by atoms with van der Waals surface area (Å²) in [6.45, 7) is 11.4. The maximum Gasteiger partial charge on any atom is 0.196 e. The van der Waals surface area contributed by atoms with Crippen molar-refractivity contribution in [2.24, 2.45) is 7.05 Å². The lowest BCUT2D eigenvalue weighted by molar-refractivity contribution is -0.0657. The van der Waals surface area contributed by atoms with Gasteiger partial charge in [0.25, 0.3) is 0 Å². The van der Waals surface area contributed by atoms with Gasteiger partial charge in [-0.1, -0.05) is 52.0 Å². The van der Waals surface area contributed by atoms with Crippen LogP contribution in [0.1, 0.15) is 76.1 Å². The van der Waals surface area contributed by atoms with E-state index in [4.69, 9.17) is 14.6 Å². The number of rotatable bonds is 10. The van der Waals surface area contributed by atoms with Crippen LogP contribution in [0.25, 0.3) is 0 Å². The highest BCUT2D eigenvalue weighted by atomic mass is 16.7. The topological polar surface area (TPSA) is 43.6 Å². The van der Waals surface area contributed by atoms with Crippen molar-refractivity contribution in [3.05, 3.63) is 83.7 Å². The van der Waals surface area contributed by atoms with Crippen molar-refractivity contribution in [2.45, 2.75) is 72.0 Å². The molecule has 1 N–H and O–H groups in total. The minimum Gasteiger partial charge on any atom is -0.508 e. The van der Waals surface area contributed by atoms with E-state index in [9.17, 15) is 0 Å². The standard InChI is InChI=1S/C19H27NO2.C10H14O/c1-5-15(2)17-8-10-19(11-9-17)22-16(3)21-14-12-18-7-6-13-20(18)4;1-3-8(2)9-4-6-10(11)7-5-9/h6-11,13,15-16H,5,12,14H2,1-4H3;4-8,11H,3H2,1-2H3. The van der Waals surface area contributed by atoms with Crippen LogP contribution in [-0.2, 0) is 18.2 Å². The number of aromatic hydroxyl groups is 1. The lowest BCUT2D eigenvalue weighted by Gasteiger charge is -2.16. The third-order valence-electron chi connectivity index (χ3n) is 6.20. The second kappa shape index (κ2) is 13.7. The molecule has 33 heavy (non-hydrogen) atoms. The Balaban J connectivity index is 0.000000294. The Morgan fingerprint density at radius 3 is 1.85 bits per heavy atom. The first-order valence-corrected chi connectivity index (χ1v) is 12.1. The molecule has 4 nitrogen and oxygen atoms in total. The molecule has 0 saturated heterocycles. The Kier molecular flexibility index (Phi) is 11.0. The van der Waals surface area contributed by atoms with Gasteiger partial charge in [0.05, 0.1) is 6.61 Å². The van der Waals surface area contributed by atoms with E-state index in [-0.39, 0.29) is 6.29 Å². The maximum absolute atomic E-state index is 9.01. The molecule has 1 aromatic heterocycles. The molecule has 0 aliphatic heterocycles. The van der Waals surface area contributed by atoms with Crippen molar-refractivity contribution in [1.29, 1.82) is 0 Å². The van der Waals surface area contributed by atoms with Crippen molar-refractivity contribution in [2.75, 3.05) is 6.61 Å². The van der Waals surface area contributed by atoms with Crippen LogP contribution in [0.4, 0.5) is 0 Å². The molecular formula is C29H41NO3. The SMILES string of the molecule is CCC(C)c1ccc(O)cc1.CCC(C)c1ccc(OC(C)OCCc2cccn2C)cc1. The Hall–Kier alpha value is -2.72. The highest BCUT2D eigenvalue weighted by Gasteiger charge is 2.07. The third-order valence-corrected chi connectivity index (χ3v) is 6.20. The second-order valence-electron chi connectivity index (χ2n) is 8.70. The number of aryl methyl sites for hydroxylation is 1. The quantitative estimate of drug-likeness (QED) is 0.326. The van der Waals surface area contributed by atoms with Crippen LogP contribution in [0.3, 0.4) is 0 Å². The van der Waals surface area contributed by atoms with E-state index in [0.717, 1.165) is 25.0 Å². The van der Waals surface area contributed by atoms with Crippen molar-refractivity contribution in [3.63, 3.8) is 0 Å². The fourth-order valence-corrected chi connectivity index (χ4v) is 3.46. The molecule has 3 atom stereocenters. The summed E-state index contributed by atoms with van der Waals surface area (Å²) in [5, 5.41) is 9.01. The predicted molar refractivity (Wildman–Crippen MR) is 137 cm³/mol. The number of benzene rings is 2. The van der Waals surface area contributed by atoms with Crippen molar-refractivity contribution in [1.82, 2.24) is 4.57 Å². The van der Waals surface area contributed by atoms with E-state index < -0.39 is 0 Å². The second-order valence-corrected chi connectivity index (χ2v) is 8.70. The van der Waals surface area contributed by atoms with Gasteiger partial charge in [0.2, 0.25) is 0 Å². The molecule has 180 valence electrons. The molecule has 3 rings (SSSR count). The van der Waals surface area contributed by atoms with Crippen LogP contribution < -0.4 is 4.74 Å². The predicted octanol–water partition coefficient (Wildman–Crippen LogP) is 7.43. The van der Waals surface area contributed by atoms with Crippen LogP contribution in [0.15, 0.2) is 66.9 Å². The normalized spacial score (nSPS) is 13.5. The van der Waals surface area contributed by atoms with Crippen molar-refractivity contribution in [3.8, 4) is 11.5 Å². The van der Waals surface area contributed by atoms with E-state index in [2.05, 4.69) is 50.5 Å². The summed E-state index contributed by atoms with van der Waals surface area (Å²) in [5.41, 5.74) is 3.92. The summed E-state index contributed by atoms with van der Waals surface area (Å²) in [7, 11) is 2.05. The van der Waals surface area contributed by atoms with E-state index in [1.807, 2.05) is 50.5 Å². The van der Waals surface area contributed by atoms with Crippen LogP contribution in [0.5, 0.6) is 11.5 Å². The average Bonchev–Trinajstić information content (AvgIpc) is 3.24. The van der Waals surface area contributed by atoms with Gasteiger partial charge in [0.1, 0.15) is 11.5 Å². The zero-order valence-corrected chi connectivity index (χ0v) is 21.1. The Labute approximate surface area is 200 Å². The van der Waals surface area contributed by atoms with Gasteiger partial charge in [-0.2, -0.15) is 0 Å². The summed E-state index contributed by atoms with van der Waals surface area (Å²) in [4.78, 5) is 0. The van der Waals surface area contributed by atoms with Crippen LogP contribution >= 0.6 is 0 Å². The summed E-state index contributed by atoms with van der Waals surface area (Å²) in [6, 6.07) is 19.9. The number of phenols is 1. The number of hydrogen-bond donors (Lipinski definition) is 1. The Morgan fingerprint density at radius 2 is 1.36 bits per heavy atom. The molecule has 0 amide bonds. The van der Waals surface area contributed by atoms with Crippen LogP contribution in [0.2, 0.25) is 0 Å². The molecule has 3 aromatic rings. The average molecular weight is 452 g/mol. The minimum absolute atomic E-state index is 0.241. The number of hydrogen-bond acceptors (Lipinski definition) is 3. The number of ether oxygens (including phenoxy) is 2. The molecule has 0 aliphatic carbocycles. The molecule has 0 saturated carbocycles. The fourth-order valence-electron chi connectivity index (χ4n) is 3.46. The molecule has 1 heterocycles. The van der Waals surface area contributed by atoms with Gasteiger partial charge in [-0.15, -0.1) is 0 Å². The van der Waals surface area contributed by atoms with Gasteiger partial charge >= 0.3 is 0 Å². The maximum atomic E-state index is 9.01. The first-order valence-electron chi connectivity index (χ1n) is 12.1. The van der Waals surface area contributed by atoms with E-state index in [1.165, 1.54) is 16.8 Å². The van der Waals surface area contributed by atoms with E-state index in [1.54, 1.807) is 12.1 Å². The first-order chi connectivity index (χ1) is 15.8. The Morgan fingerprint density at radius 1 is 0.818 bits per heavy atom. The van der Waals surface area contributed by atoms with Gasteiger partial charge in [-0.25, -0.2) is 0 Å². The van der Waals surface area contributed by atoms with Crippen molar-refractivity contribution >= 4 is 0 Å². The first kappa shape index (κ1) is 26.5. The molecule has 0 aliphatic rings. The van der Waals surface area contributed by atoms with Crippen LogP contribution in [0, 0.1) is 0 Å². The number of nitrogens with zero attached hydrogens (tertiary/aromatic N) is 1. The van der Waals surface area contributed by atoms with E-state index in [0.29, 0.717) is 24.2 Å². The summed E-state index contributed by atoms with van der Waals surface area (Å²) >= 11 is 0. The van der Waals surface area contributed by atoms with E-state index >= 15 is 0 Å². The fraction of sp³-hybridized carbons (Fsp3) is 0.448. The zero-order valence-electron chi connectivity index (χ0n) is 21.1. The van der Waals surface area contributed by atoms with Gasteiger partial charge in [0, 0.05) is 25.4 Å². The van der Waals surface area contributed by atoms with Gasteiger partial charge in [-0.3, -0.25) is 0 Å². The minimum atomic E-state index is -0.241. The molecule has 4 heteroatoms. The Bertz CT molecular complexity index is 915. The van der Waals surface area contributed by atoms with Gasteiger partial charge in [-0.05, 0) is 79.1 Å². The third kappa shape index (κ3) is 8.97. The highest BCUT2D eigenvalue weighted by molar-refractivity contribution is 5.29. The summed E-state index contributed by atoms with van der Waals surface area (Å²) in [5.74, 6) is 2.39. The van der Waals surface area contributed by atoms with Crippen LogP contribution in [-0.4, -0.2) is 22.6 Å². The van der Waals surface area contributed by atoms with Crippen molar-refractivity contribution < 1.29 is 14.6 Å². The highest BCUT2D eigenvalue weighted by Crippen LogP contribution is 2.22. The zero-order chi connectivity index (χ0) is 24.2. The number of phenolic OH excluding ortho intramolecular Hbond substituents is 1. The lowest BCUT2D eigenvalue weighted by Crippen LogP contribution is -2.18. The van der Waals surface area contributed by atoms with Gasteiger partial charge in [0.15, 0.2) is 6.29 Å². The molecule has 2 aromatic carbocycles. The van der Waals surface area contributed by atoms with Gasteiger partial charge < -0.3 is 19.1 Å². The smallest absolute Gasteiger partial charge is 0.196 e.